The summed E-state index contributed by atoms with van der Waals surface area (Å²) in [7, 11) is 1.71. The van der Waals surface area contributed by atoms with Crippen molar-refractivity contribution in [3.8, 4) is 0 Å². The molecule has 3 nitrogen and oxygen atoms in total. The summed E-state index contributed by atoms with van der Waals surface area (Å²) in [5.41, 5.74) is 1.44. The maximum absolute atomic E-state index is 5.57. The number of ether oxygens (including phenoxy) is 2. The third-order valence-electron chi connectivity index (χ3n) is 3.97. The molecule has 1 N–H and O–H groups in total. The fourth-order valence-corrected chi connectivity index (χ4v) is 2.56. The number of hydrogen-bond acceptors (Lipinski definition) is 3. The van der Waals surface area contributed by atoms with E-state index in [-0.39, 0.29) is 0 Å². The molecule has 1 saturated carbocycles. The van der Waals surface area contributed by atoms with Crippen molar-refractivity contribution < 1.29 is 9.47 Å². The molecule has 1 fully saturated rings. The summed E-state index contributed by atoms with van der Waals surface area (Å²) in [6.07, 6.45) is 6.24. The van der Waals surface area contributed by atoms with Crippen LogP contribution < -0.4 is 5.32 Å². The van der Waals surface area contributed by atoms with Gasteiger partial charge in [-0.2, -0.15) is 0 Å². The monoisotopic (exact) mass is 291 g/mol. The SMILES string of the molecule is COCCOCCCC(CNC1CC1)Cc1ccccc1. The predicted molar refractivity (Wildman–Crippen MR) is 86.6 cm³/mol. The summed E-state index contributed by atoms with van der Waals surface area (Å²) < 4.78 is 10.6. The Morgan fingerprint density at radius 1 is 1.14 bits per heavy atom. The van der Waals surface area contributed by atoms with Crippen molar-refractivity contribution in [2.24, 2.45) is 5.92 Å². The van der Waals surface area contributed by atoms with Crippen LogP contribution in [0.3, 0.4) is 0 Å². The molecule has 0 bridgehead atoms. The molecular weight excluding hydrogens is 262 g/mol. The lowest BCUT2D eigenvalue weighted by Gasteiger charge is -2.18. The molecule has 0 amide bonds. The van der Waals surface area contributed by atoms with E-state index in [1.165, 1.54) is 31.2 Å². The van der Waals surface area contributed by atoms with Crippen LogP contribution in [0.4, 0.5) is 0 Å². The molecule has 0 spiro atoms. The number of benzene rings is 1. The highest BCUT2D eigenvalue weighted by molar-refractivity contribution is 5.15. The van der Waals surface area contributed by atoms with Crippen molar-refractivity contribution in [1.29, 1.82) is 0 Å². The minimum Gasteiger partial charge on any atom is -0.382 e. The van der Waals surface area contributed by atoms with Crippen LogP contribution in [0.2, 0.25) is 0 Å². The van der Waals surface area contributed by atoms with Crippen LogP contribution in [-0.2, 0) is 15.9 Å². The van der Waals surface area contributed by atoms with Crippen LogP contribution in [0.1, 0.15) is 31.2 Å². The van der Waals surface area contributed by atoms with Gasteiger partial charge in [-0.25, -0.2) is 0 Å². The van der Waals surface area contributed by atoms with E-state index in [9.17, 15) is 0 Å². The average Bonchev–Trinajstić information content (AvgIpc) is 3.33. The van der Waals surface area contributed by atoms with E-state index in [1.54, 1.807) is 7.11 Å². The lowest BCUT2D eigenvalue weighted by Crippen LogP contribution is -2.26. The van der Waals surface area contributed by atoms with Gasteiger partial charge < -0.3 is 14.8 Å². The van der Waals surface area contributed by atoms with Crippen LogP contribution in [0.5, 0.6) is 0 Å². The van der Waals surface area contributed by atoms with Gasteiger partial charge in [0.05, 0.1) is 13.2 Å². The first-order valence-electron chi connectivity index (χ1n) is 8.22. The fourth-order valence-electron chi connectivity index (χ4n) is 2.56. The van der Waals surface area contributed by atoms with E-state index >= 15 is 0 Å². The van der Waals surface area contributed by atoms with Crippen LogP contribution in [0.25, 0.3) is 0 Å². The van der Waals surface area contributed by atoms with E-state index in [1.807, 2.05) is 0 Å². The summed E-state index contributed by atoms with van der Waals surface area (Å²) in [4.78, 5) is 0. The highest BCUT2D eigenvalue weighted by atomic mass is 16.5. The molecule has 1 unspecified atom stereocenters. The Bertz CT molecular complexity index is 365. The fraction of sp³-hybridized carbons (Fsp3) is 0.667. The van der Waals surface area contributed by atoms with Crippen LogP contribution >= 0.6 is 0 Å². The Morgan fingerprint density at radius 3 is 2.67 bits per heavy atom. The lowest BCUT2D eigenvalue weighted by atomic mass is 9.94. The molecule has 0 aliphatic heterocycles. The Morgan fingerprint density at radius 2 is 1.95 bits per heavy atom. The van der Waals surface area contributed by atoms with E-state index in [0.29, 0.717) is 19.1 Å². The van der Waals surface area contributed by atoms with Gasteiger partial charge in [0.15, 0.2) is 0 Å². The van der Waals surface area contributed by atoms with Crippen molar-refractivity contribution in [3.05, 3.63) is 35.9 Å². The summed E-state index contributed by atoms with van der Waals surface area (Å²) in [5.74, 6) is 0.707. The highest BCUT2D eigenvalue weighted by Crippen LogP contribution is 2.20. The van der Waals surface area contributed by atoms with Crippen molar-refractivity contribution in [2.45, 2.75) is 38.1 Å². The zero-order valence-electron chi connectivity index (χ0n) is 13.2. The standard InChI is InChI=1S/C18H29NO2/c1-20-12-13-21-11-5-8-17(15-19-18-9-10-18)14-16-6-3-2-4-7-16/h2-4,6-7,17-19H,5,8-15H2,1H3. The first-order chi connectivity index (χ1) is 10.4. The molecular formula is C18H29NO2. The predicted octanol–water partition coefficient (Wildman–Crippen LogP) is 3.04. The van der Waals surface area contributed by atoms with Gasteiger partial charge in [-0.3, -0.25) is 0 Å². The van der Waals surface area contributed by atoms with E-state index in [2.05, 4.69) is 35.6 Å². The summed E-state index contributed by atoms with van der Waals surface area (Å²) >= 11 is 0. The molecule has 2 rings (SSSR count). The largest absolute Gasteiger partial charge is 0.382 e. The molecule has 0 aromatic heterocycles. The zero-order valence-corrected chi connectivity index (χ0v) is 13.2. The number of nitrogens with one attached hydrogen (secondary N) is 1. The second kappa shape index (κ2) is 9.93. The van der Waals surface area contributed by atoms with Gasteiger partial charge in [-0.1, -0.05) is 30.3 Å². The topological polar surface area (TPSA) is 30.5 Å². The molecule has 1 aromatic carbocycles. The van der Waals surface area contributed by atoms with E-state index in [4.69, 9.17) is 9.47 Å². The van der Waals surface area contributed by atoms with Crippen LogP contribution in [0, 0.1) is 5.92 Å². The maximum atomic E-state index is 5.57. The third-order valence-corrected chi connectivity index (χ3v) is 3.97. The highest BCUT2D eigenvalue weighted by Gasteiger charge is 2.21. The number of methoxy groups -OCH3 is 1. The lowest BCUT2D eigenvalue weighted by molar-refractivity contribution is 0.0672. The van der Waals surface area contributed by atoms with E-state index in [0.717, 1.165) is 25.6 Å². The molecule has 1 atom stereocenters. The smallest absolute Gasteiger partial charge is 0.0700 e. The summed E-state index contributed by atoms with van der Waals surface area (Å²) in [6, 6.07) is 11.6. The number of rotatable bonds is 12. The van der Waals surface area contributed by atoms with Gasteiger partial charge in [0.1, 0.15) is 0 Å². The van der Waals surface area contributed by atoms with Gasteiger partial charge in [-0.05, 0) is 50.1 Å². The molecule has 0 heterocycles. The minimum atomic E-state index is 0.691. The normalized spacial score (nSPS) is 16.0. The first kappa shape index (κ1) is 16.5. The number of hydrogen-bond donors (Lipinski definition) is 1. The quantitative estimate of drug-likeness (QED) is 0.600. The van der Waals surface area contributed by atoms with Gasteiger partial charge in [0.2, 0.25) is 0 Å². The Hall–Kier alpha value is -0.900. The van der Waals surface area contributed by atoms with Gasteiger partial charge in [-0.15, -0.1) is 0 Å². The van der Waals surface area contributed by atoms with Gasteiger partial charge in [0, 0.05) is 19.8 Å². The van der Waals surface area contributed by atoms with Crippen LogP contribution in [-0.4, -0.2) is 39.5 Å². The third kappa shape index (κ3) is 7.60. The summed E-state index contributed by atoms with van der Waals surface area (Å²) in [5, 5.41) is 3.68. The van der Waals surface area contributed by atoms with Gasteiger partial charge >= 0.3 is 0 Å². The molecule has 0 saturated heterocycles. The maximum Gasteiger partial charge on any atom is 0.0700 e. The first-order valence-corrected chi connectivity index (χ1v) is 8.22. The molecule has 1 aromatic rings. The minimum absolute atomic E-state index is 0.691. The molecule has 0 radical (unpaired) electrons. The van der Waals surface area contributed by atoms with Gasteiger partial charge in [0.25, 0.3) is 0 Å². The Balaban J connectivity index is 1.67. The van der Waals surface area contributed by atoms with Crippen molar-refractivity contribution in [2.75, 3.05) is 33.5 Å². The molecule has 3 heteroatoms. The van der Waals surface area contributed by atoms with Crippen molar-refractivity contribution in [1.82, 2.24) is 5.32 Å². The average molecular weight is 291 g/mol. The Kier molecular flexibility index (Phi) is 7.79. The van der Waals surface area contributed by atoms with E-state index < -0.39 is 0 Å². The summed E-state index contributed by atoms with van der Waals surface area (Å²) in [6.45, 7) is 3.38. The second-order valence-electron chi connectivity index (χ2n) is 5.99. The Labute approximate surface area is 129 Å². The second-order valence-corrected chi connectivity index (χ2v) is 5.99. The molecule has 1 aliphatic carbocycles. The van der Waals surface area contributed by atoms with Crippen molar-refractivity contribution in [3.63, 3.8) is 0 Å². The zero-order chi connectivity index (χ0) is 14.8. The van der Waals surface area contributed by atoms with Crippen molar-refractivity contribution >= 4 is 0 Å². The van der Waals surface area contributed by atoms with Crippen LogP contribution in [0.15, 0.2) is 30.3 Å². The molecule has 118 valence electrons. The molecule has 21 heavy (non-hydrogen) atoms. The molecule has 1 aliphatic rings.